The normalized spacial score (nSPS) is 26.6. The number of Topliss-reactive ketones (excluding diaryl/α,β-unsaturated/α-hetero) is 1. The van der Waals surface area contributed by atoms with E-state index in [9.17, 15) is 24.1 Å². The van der Waals surface area contributed by atoms with Crippen LogP contribution in [0.15, 0.2) is 66.7 Å². The molecule has 1 spiro atoms. The Kier molecular flexibility index (Phi) is 5.21. The summed E-state index contributed by atoms with van der Waals surface area (Å²) >= 11 is 6.06. The molecule has 2 fully saturated rings. The van der Waals surface area contributed by atoms with E-state index in [0.717, 1.165) is 6.42 Å². The fraction of sp³-hybridized carbons (Fsp3) is 0.259. The second-order valence-electron chi connectivity index (χ2n) is 9.54. The minimum absolute atomic E-state index is 0.0852. The largest absolute Gasteiger partial charge is 0.324 e. The van der Waals surface area contributed by atoms with Crippen molar-refractivity contribution in [2.24, 2.45) is 5.92 Å². The molecule has 3 aliphatic rings. The number of carbonyl (C=O) groups is 2. The third-order valence-corrected chi connectivity index (χ3v) is 8.09. The Hall–Kier alpha value is -3.62. The van der Waals surface area contributed by atoms with Crippen LogP contribution in [0.5, 0.6) is 0 Å². The Morgan fingerprint density at radius 1 is 1.14 bits per heavy atom. The number of amides is 1. The van der Waals surface area contributed by atoms with Crippen LogP contribution in [0.2, 0.25) is 5.02 Å². The second-order valence-corrected chi connectivity index (χ2v) is 9.98. The molecular weight excluding hydrogens is 485 g/mol. The lowest BCUT2D eigenvalue weighted by Gasteiger charge is -2.36. The van der Waals surface area contributed by atoms with Gasteiger partial charge in [-0.3, -0.25) is 24.6 Å². The van der Waals surface area contributed by atoms with Gasteiger partial charge in [0, 0.05) is 45.9 Å². The first-order chi connectivity index (χ1) is 17.3. The Morgan fingerprint density at radius 2 is 1.92 bits per heavy atom. The molecule has 6 rings (SSSR count). The monoisotopic (exact) mass is 505 g/mol. The molecule has 3 aliphatic heterocycles. The molecule has 0 aliphatic carbocycles. The van der Waals surface area contributed by atoms with Gasteiger partial charge in [0.2, 0.25) is 5.91 Å². The SMILES string of the molecule is O=C(c1ccc(Cl)cc1)C1C(c2cccc([N+](=O)[O-])c2)C2CCCN2[C@@]12C(=O)Nc1ccc(F)cc12. The van der Waals surface area contributed by atoms with Gasteiger partial charge in [0.25, 0.3) is 5.69 Å². The minimum atomic E-state index is -1.44. The van der Waals surface area contributed by atoms with Crippen molar-refractivity contribution in [3.05, 3.63) is 104 Å². The second kappa shape index (κ2) is 8.21. The first kappa shape index (κ1) is 22.8. The van der Waals surface area contributed by atoms with Crippen LogP contribution in [0.3, 0.4) is 0 Å². The smallest absolute Gasteiger partial charge is 0.269 e. The Balaban J connectivity index is 1.62. The number of halogens is 2. The van der Waals surface area contributed by atoms with Crippen molar-refractivity contribution in [1.29, 1.82) is 0 Å². The molecule has 0 saturated carbocycles. The summed E-state index contributed by atoms with van der Waals surface area (Å²) in [7, 11) is 0. The summed E-state index contributed by atoms with van der Waals surface area (Å²) in [4.78, 5) is 41.4. The van der Waals surface area contributed by atoms with Gasteiger partial charge in [0.15, 0.2) is 5.78 Å². The molecule has 3 unspecified atom stereocenters. The number of ketones is 1. The molecule has 0 bridgehead atoms. The first-order valence-electron chi connectivity index (χ1n) is 11.7. The highest BCUT2D eigenvalue weighted by Gasteiger charge is 2.69. The molecule has 2 saturated heterocycles. The predicted octanol–water partition coefficient (Wildman–Crippen LogP) is 5.30. The van der Waals surface area contributed by atoms with E-state index in [2.05, 4.69) is 5.32 Å². The summed E-state index contributed by atoms with van der Waals surface area (Å²) in [6, 6.07) is 16.6. The molecule has 3 heterocycles. The van der Waals surface area contributed by atoms with E-state index in [-0.39, 0.29) is 23.4 Å². The first-order valence-corrected chi connectivity index (χ1v) is 12.1. The van der Waals surface area contributed by atoms with E-state index in [0.29, 0.717) is 40.4 Å². The van der Waals surface area contributed by atoms with Crippen LogP contribution in [0, 0.1) is 21.8 Å². The van der Waals surface area contributed by atoms with E-state index in [1.54, 1.807) is 36.4 Å². The van der Waals surface area contributed by atoms with Gasteiger partial charge in [-0.1, -0.05) is 23.7 Å². The lowest BCUT2D eigenvalue weighted by Crippen LogP contribution is -2.52. The van der Waals surface area contributed by atoms with E-state index < -0.39 is 28.1 Å². The summed E-state index contributed by atoms with van der Waals surface area (Å²) < 4.78 is 14.6. The van der Waals surface area contributed by atoms with Gasteiger partial charge < -0.3 is 5.32 Å². The molecule has 182 valence electrons. The lowest BCUT2D eigenvalue weighted by atomic mass is 9.68. The predicted molar refractivity (Wildman–Crippen MR) is 132 cm³/mol. The zero-order valence-electron chi connectivity index (χ0n) is 19.0. The molecule has 7 nitrogen and oxygen atoms in total. The van der Waals surface area contributed by atoms with Crippen LogP contribution in [0.1, 0.15) is 40.2 Å². The van der Waals surface area contributed by atoms with Crippen molar-refractivity contribution in [2.75, 3.05) is 11.9 Å². The Labute approximate surface area is 211 Å². The number of nitro benzene ring substituents is 1. The van der Waals surface area contributed by atoms with Crippen LogP contribution < -0.4 is 5.32 Å². The third kappa shape index (κ3) is 3.14. The fourth-order valence-electron chi connectivity index (χ4n) is 6.55. The van der Waals surface area contributed by atoms with Gasteiger partial charge in [-0.2, -0.15) is 0 Å². The Morgan fingerprint density at radius 3 is 2.67 bits per heavy atom. The highest BCUT2D eigenvalue weighted by molar-refractivity contribution is 6.30. The van der Waals surface area contributed by atoms with Crippen LogP contribution in [-0.4, -0.2) is 34.1 Å². The number of non-ortho nitro benzene ring substituents is 1. The number of carbonyl (C=O) groups excluding carboxylic acids is 2. The van der Waals surface area contributed by atoms with Gasteiger partial charge in [0.1, 0.15) is 11.4 Å². The standard InChI is InChI=1S/C27H21ClFN3O4/c28-17-8-6-15(7-9-17)25(33)24-23(16-3-1-4-19(13-16)32(35)36)22-5-2-12-31(22)27(24)20-14-18(29)10-11-21(20)30-26(27)34/h1,3-4,6-11,13-14,22-24H,2,5,12H2,(H,30,34)/t22?,23?,24?,27-/m1/s1. The van der Waals surface area contributed by atoms with Gasteiger partial charge in [-0.25, -0.2) is 4.39 Å². The molecule has 4 atom stereocenters. The molecule has 9 heteroatoms. The molecule has 0 aromatic heterocycles. The zero-order valence-corrected chi connectivity index (χ0v) is 19.7. The molecule has 3 aromatic carbocycles. The van der Waals surface area contributed by atoms with E-state index in [1.165, 1.54) is 30.3 Å². The number of nitrogens with zero attached hydrogens (tertiary/aromatic N) is 2. The van der Waals surface area contributed by atoms with Crippen LogP contribution >= 0.6 is 11.6 Å². The minimum Gasteiger partial charge on any atom is -0.324 e. The van der Waals surface area contributed by atoms with Gasteiger partial charge >= 0.3 is 0 Å². The molecule has 3 aromatic rings. The maximum Gasteiger partial charge on any atom is 0.269 e. The van der Waals surface area contributed by atoms with Crippen LogP contribution in [-0.2, 0) is 10.3 Å². The van der Waals surface area contributed by atoms with Crippen molar-refractivity contribution in [2.45, 2.75) is 30.3 Å². The molecule has 1 N–H and O–H groups in total. The zero-order chi connectivity index (χ0) is 25.2. The van der Waals surface area contributed by atoms with Crippen molar-refractivity contribution < 1.29 is 18.9 Å². The highest BCUT2D eigenvalue weighted by Crippen LogP contribution is 2.61. The number of nitrogens with one attached hydrogen (secondary N) is 1. The summed E-state index contributed by atoms with van der Waals surface area (Å²) in [5.41, 5.74) is 0.365. The molecule has 0 radical (unpaired) electrons. The summed E-state index contributed by atoms with van der Waals surface area (Å²) in [5, 5.41) is 14.9. The summed E-state index contributed by atoms with van der Waals surface area (Å²) in [6.45, 7) is 0.546. The number of nitro groups is 1. The van der Waals surface area contributed by atoms with Gasteiger partial charge in [0.05, 0.1) is 10.8 Å². The average molecular weight is 506 g/mol. The van der Waals surface area contributed by atoms with Gasteiger partial charge in [-0.15, -0.1) is 0 Å². The number of fused-ring (bicyclic) bond motifs is 4. The van der Waals surface area contributed by atoms with E-state index in [4.69, 9.17) is 11.6 Å². The Bertz CT molecular complexity index is 1430. The lowest BCUT2D eigenvalue weighted by molar-refractivity contribution is -0.384. The van der Waals surface area contributed by atoms with E-state index >= 15 is 0 Å². The van der Waals surface area contributed by atoms with Crippen molar-refractivity contribution >= 4 is 34.7 Å². The van der Waals surface area contributed by atoms with Crippen LogP contribution in [0.4, 0.5) is 15.8 Å². The highest BCUT2D eigenvalue weighted by atomic mass is 35.5. The van der Waals surface area contributed by atoms with Crippen molar-refractivity contribution in [1.82, 2.24) is 4.90 Å². The number of hydrogen-bond donors (Lipinski definition) is 1. The number of anilines is 1. The number of hydrogen-bond acceptors (Lipinski definition) is 5. The maximum atomic E-state index is 14.6. The maximum absolute atomic E-state index is 14.6. The molecule has 36 heavy (non-hydrogen) atoms. The van der Waals surface area contributed by atoms with Crippen LogP contribution in [0.25, 0.3) is 0 Å². The number of benzene rings is 3. The van der Waals surface area contributed by atoms with Gasteiger partial charge in [-0.05, 0) is 67.4 Å². The third-order valence-electron chi connectivity index (χ3n) is 7.84. The average Bonchev–Trinajstić information content (AvgIpc) is 3.52. The molecular formula is C27H21ClFN3O4. The quantitative estimate of drug-likeness (QED) is 0.295. The molecule has 1 amide bonds. The summed E-state index contributed by atoms with van der Waals surface area (Å²) in [6.07, 6.45) is 1.50. The summed E-state index contributed by atoms with van der Waals surface area (Å²) in [5.74, 6) is -2.62. The number of rotatable bonds is 4. The van der Waals surface area contributed by atoms with E-state index in [1.807, 2.05) is 4.90 Å². The fourth-order valence-corrected chi connectivity index (χ4v) is 6.67. The van der Waals surface area contributed by atoms with Crippen molar-refractivity contribution in [3.8, 4) is 0 Å². The topological polar surface area (TPSA) is 92.5 Å². The van der Waals surface area contributed by atoms with Crippen molar-refractivity contribution in [3.63, 3.8) is 0 Å².